The van der Waals surface area contributed by atoms with Crippen molar-refractivity contribution in [2.24, 2.45) is 0 Å². The van der Waals surface area contributed by atoms with Crippen LogP contribution in [0.5, 0.6) is 5.75 Å². The minimum absolute atomic E-state index is 0.0265. The van der Waals surface area contributed by atoms with Gasteiger partial charge in [0.25, 0.3) is 5.91 Å². The molecule has 114 valence electrons. The van der Waals surface area contributed by atoms with Gasteiger partial charge < -0.3 is 9.64 Å². The minimum Gasteiger partial charge on any atom is -0.435 e. The number of hydrogen-bond donors (Lipinski definition) is 0. The second-order valence-electron chi connectivity index (χ2n) is 5.57. The van der Waals surface area contributed by atoms with Crippen LogP contribution < -0.4 is 4.74 Å². The SMILES string of the molecule is O=C(c1cccc(OC(F)F)c1)N1C2CCC1CC(Br)C2. The van der Waals surface area contributed by atoms with Crippen LogP contribution in [0.1, 0.15) is 36.0 Å². The Kier molecular flexibility index (Phi) is 4.15. The van der Waals surface area contributed by atoms with Gasteiger partial charge in [0.2, 0.25) is 0 Å². The van der Waals surface area contributed by atoms with Gasteiger partial charge in [-0.15, -0.1) is 0 Å². The van der Waals surface area contributed by atoms with Gasteiger partial charge >= 0.3 is 6.61 Å². The van der Waals surface area contributed by atoms with Crippen molar-refractivity contribution in [1.29, 1.82) is 0 Å². The van der Waals surface area contributed by atoms with E-state index in [1.54, 1.807) is 12.1 Å². The molecule has 0 aromatic heterocycles. The molecular weight excluding hydrogens is 344 g/mol. The number of rotatable bonds is 3. The summed E-state index contributed by atoms with van der Waals surface area (Å²) in [6, 6.07) is 6.56. The van der Waals surface area contributed by atoms with E-state index in [0.717, 1.165) is 25.7 Å². The maximum Gasteiger partial charge on any atom is 0.387 e. The van der Waals surface area contributed by atoms with Crippen LogP contribution in [0.2, 0.25) is 0 Å². The third-order valence-corrected chi connectivity index (χ3v) is 4.96. The molecule has 2 saturated heterocycles. The fraction of sp³-hybridized carbons (Fsp3) is 0.533. The third kappa shape index (κ3) is 3.05. The smallest absolute Gasteiger partial charge is 0.387 e. The topological polar surface area (TPSA) is 29.5 Å². The normalized spacial score (nSPS) is 28.0. The van der Waals surface area contributed by atoms with Crippen molar-refractivity contribution >= 4 is 21.8 Å². The molecule has 0 aliphatic carbocycles. The second-order valence-corrected chi connectivity index (χ2v) is 6.87. The standard InChI is InChI=1S/C15H16BrF2NO2/c16-10-7-11-4-5-12(8-10)19(11)14(20)9-2-1-3-13(6-9)21-15(17)18/h1-3,6,10-12,15H,4-5,7-8H2. The number of alkyl halides is 3. The summed E-state index contributed by atoms with van der Waals surface area (Å²) in [5, 5.41) is 0. The summed E-state index contributed by atoms with van der Waals surface area (Å²) in [6.45, 7) is -2.88. The second kappa shape index (κ2) is 5.91. The van der Waals surface area contributed by atoms with Gasteiger partial charge in [-0.05, 0) is 43.9 Å². The lowest BCUT2D eigenvalue weighted by Crippen LogP contribution is -2.46. The highest BCUT2D eigenvalue weighted by atomic mass is 79.9. The molecule has 0 radical (unpaired) electrons. The maximum atomic E-state index is 12.7. The molecule has 2 heterocycles. The molecule has 3 rings (SSSR count). The molecule has 2 aliphatic heterocycles. The Labute approximate surface area is 130 Å². The van der Waals surface area contributed by atoms with Crippen LogP contribution in [0.25, 0.3) is 0 Å². The van der Waals surface area contributed by atoms with Crippen LogP contribution in [0.15, 0.2) is 24.3 Å². The Morgan fingerprint density at radius 3 is 2.57 bits per heavy atom. The first-order valence-electron chi connectivity index (χ1n) is 7.06. The van der Waals surface area contributed by atoms with Crippen molar-refractivity contribution < 1.29 is 18.3 Å². The van der Waals surface area contributed by atoms with Crippen molar-refractivity contribution in [3.63, 3.8) is 0 Å². The molecule has 2 bridgehead atoms. The quantitative estimate of drug-likeness (QED) is 0.767. The van der Waals surface area contributed by atoms with Gasteiger partial charge in [-0.1, -0.05) is 22.0 Å². The molecule has 2 unspecified atom stereocenters. The van der Waals surface area contributed by atoms with E-state index in [2.05, 4.69) is 20.7 Å². The lowest BCUT2D eigenvalue weighted by atomic mass is 10.0. The number of nitrogens with zero attached hydrogens (tertiary/aromatic N) is 1. The zero-order valence-corrected chi connectivity index (χ0v) is 12.9. The monoisotopic (exact) mass is 359 g/mol. The molecule has 0 spiro atoms. The van der Waals surface area contributed by atoms with Crippen molar-refractivity contribution in [2.45, 2.75) is 49.2 Å². The minimum atomic E-state index is -2.88. The summed E-state index contributed by atoms with van der Waals surface area (Å²) < 4.78 is 28.9. The average Bonchev–Trinajstić information content (AvgIpc) is 2.69. The van der Waals surface area contributed by atoms with Gasteiger partial charge in [-0.25, -0.2) is 0 Å². The first-order valence-corrected chi connectivity index (χ1v) is 7.98. The summed E-state index contributed by atoms with van der Waals surface area (Å²) in [5.74, 6) is -0.0554. The Balaban J connectivity index is 1.79. The summed E-state index contributed by atoms with van der Waals surface area (Å²) in [7, 11) is 0. The number of piperidine rings is 1. The van der Waals surface area contributed by atoms with Crippen molar-refractivity contribution in [3.8, 4) is 5.75 Å². The number of fused-ring (bicyclic) bond motifs is 2. The van der Waals surface area contributed by atoms with E-state index in [4.69, 9.17) is 0 Å². The van der Waals surface area contributed by atoms with Crippen LogP contribution in [0, 0.1) is 0 Å². The van der Waals surface area contributed by atoms with Crippen LogP contribution >= 0.6 is 15.9 Å². The summed E-state index contributed by atoms with van der Waals surface area (Å²) >= 11 is 3.64. The van der Waals surface area contributed by atoms with Crippen molar-refractivity contribution in [2.75, 3.05) is 0 Å². The van der Waals surface area contributed by atoms with Crippen LogP contribution in [-0.4, -0.2) is 34.3 Å². The van der Waals surface area contributed by atoms with Crippen LogP contribution in [-0.2, 0) is 0 Å². The highest BCUT2D eigenvalue weighted by molar-refractivity contribution is 9.09. The lowest BCUT2D eigenvalue weighted by Gasteiger charge is -2.37. The molecule has 2 fully saturated rings. The van der Waals surface area contributed by atoms with E-state index in [0.29, 0.717) is 10.4 Å². The molecule has 1 aromatic rings. The van der Waals surface area contributed by atoms with E-state index in [1.165, 1.54) is 12.1 Å². The van der Waals surface area contributed by atoms with E-state index >= 15 is 0 Å². The van der Waals surface area contributed by atoms with Gasteiger partial charge in [0.05, 0.1) is 0 Å². The molecule has 1 aromatic carbocycles. The fourth-order valence-corrected chi connectivity index (χ4v) is 4.26. The largest absolute Gasteiger partial charge is 0.435 e. The van der Waals surface area contributed by atoms with Gasteiger partial charge in [-0.2, -0.15) is 8.78 Å². The van der Waals surface area contributed by atoms with E-state index < -0.39 is 6.61 Å². The molecule has 0 N–H and O–H groups in total. The number of benzene rings is 1. The summed E-state index contributed by atoms with van der Waals surface area (Å²) in [5.41, 5.74) is 0.415. The van der Waals surface area contributed by atoms with E-state index in [1.807, 2.05) is 4.90 Å². The van der Waals surface area contributed by atoms with E-state index in [-0.39, 0.29) is 23.7 Å². The predicted octanol–water partition coefficient (Wildman–Crippen LogP) is 3.82. The molecule has 2 atom stereocenters. The molecule has 6 heteroatoms. The zero-order chi connectivity index (χ0) is 15.0. The summed E-state index contributed by atoms with van der Waals surface area (Å²) in [4.78, 5) is 15.1. The average molecular weight is 360 g/mol. The van der Waals surface area contributed by atoms with Crippen molar-refractivity contribution in [3.05, 3.63) is 29.8 Å². The maximum absolute atomic E-state index is 12.7. The molecular formula is C15H16BrF2NO2. The zero-order valence-electron chi connectivity index (χ0n) is 11.3. The number of ether oxygens (including phenoxy) is 1. The Morgan fingerprint density at radius 2 is 1.95 bits per heavy atom. The Morgan fingerprint density at radius 1 is 1.29 bits per heavy atom. The Bertz CT molecular complexity index is 526. The van der Waals surface area contributed by atoms with Gasteiger partial charge in [-0.3, -0.25) is 4.79 Å². The highest BCUT2D eigenvalue weighted by Crippen LogP contribution is 2.39. The lowest BCUT2D eigenvalue weighted by molar-refractivity contribution is -0.0499. The summed E-state index contributed by atoms with van der Waals surface area (Å²) in [6.07, 6.45) is 3.95. The number of halogens is 3. The number of amides is 1. The van der Waals surface area contributed by atoms with Crippen molar-refractivity contribution in [1.82, 2.24) is 4.90 Å². The number of carbonyl (C=O) groups is 1. The van der Waals surface area contributed by atoms with E-state index in [9.17, 15) is 13.6 Å². The fourth-order valence-electron chi connectivity index (χ4n) is 3.40. The Hall–Kier alpha value is -1.17. The van der Waals surface area contributed by atoms with Crippen LogP contribution in [0.3, 0.4) is 0 Å². The first-order chi connectivity index (χ1) is 10.0. The molecule has 2 aliphatic rings. The number of carbonyl (C=O) groups excluding carboxylic acids is 1. The highest BCUT2D eigenvalue weighted by Gasteiger charge is 2.42. The third-order valence-electron chi connectivity index (χ3n) is 4.22. The van der Waals surface area contributed by atoms with Gasteiger partial charge in [0.15, 0.2) is 0 Å². The molecule has 21 heavy (non-hydrogen) atoms. The molecule has 1 amide bonds. The van der Waals surface area contributed by atoms with Gasteiger partial charge in [0, 0.05) is 22.5 Å². The van der Waals surface area contributed by atoms with Gasteiger partial charge in [0.1, 0.15) is 5.75 Å². The first kappa shape index (κ1) is 14.8. The molecule has 3 nitrogen and oxygen atoms in total. The van der Waals surface area contributed by atoms with Crippen LogP contribution in [0.4, 0.5) is 8.78 Å². The molecule has 0 saturated carbocycles. The predicted molar refractivity (Wildman–Crippen MR) is 78.0 cm³/mol. The number of hydrogen-bond acceptors (Lipinski definition) is 2.